The van der Waals surface area contributed by atoms with E-state index in [4.69, 9.17) is 11.1 Å². The Morgan fingerprint density at radius 1 is 1.12 bits per heavy atom. The molecular weight excluding hydrogens is 256 g/mol. The maximum atomic E-state index is 12.2. The van der Waals surface area contributed by atoms with Gasteiger partial charge in [0.05, 0.1) is 9.77 Å². The van der Waals surface area contributed by atoms with Crippen LogP contribution in [-0.2, 0) is 9.84 Å². The van der Waals surface area contributed by atoms with Crippen molar-refractivity contribution in [1.29, 1.82) is 5.41 Å². The molecule has 0 saturated heterocycles. The zero-order valence-electron chi connectivity index (χ0n) is 8.75. The standard InChI is InChI=1S/C11H10N2O2S2/c12-11(13)9-6-7-10(16-9)17(14,15)8-4-2-1-3-5-8/h1-7H,(H3,12,13). The van der Waals surface area contributed by atoms with E-state index in [9.17, 15) is 8.42 Å². The van der Waals surface area contributed by atoms with Crippen molar-refractivity contribution in [1.82, 2.24) is 0 Å². The summed E-state index contributed by atoms with van der Waals surface area (Å²) >= 11 is 1.01. The molecule has 4 nitrogen and oxygen atoms in total. The molecule has 3 N–H and O–H groups in total. The van der Waals surface area contributed by atoms with Gasteiger partial charge in [-0.25, -0.2) is 8.42 Å². The summed E-state index contributed by atoms with van der Waals surface area (Å²) in [6.45, 7) is 0. The highest BCUT2D eigenvalue weighted by molar-refractivity contribution is 7.93. The van der Waals surface area contributed by atoms with Crippen molar-refractivity contribution in [3.63, 3.8) is 0 Å². The molecule has 2 rings (SSSR count). The Kier molecular flexibility index (Phi) is 2.99. The van der Waals surface area contributed by atoms with Crippen molar-refractivity contribution < 1.29 is 8.42 Å². The average Bonchev–Trinajstić information content (AvgIpc) is 2.80. The second-order valence-electron chi connectivity index (χ2n) is 3.35. The molecule has 0 radical (unpaired) electrons. The van der Waals surface area contributed by atoms with Crippen molar-refractivity contribution in [3.8, 4) is 0 Å². The van der Waals surface area contributed by atoms with Crippen molar-refractivity contribution >= 4 is 27.0 Å². The molecule has 0 atom stereocenters. The summed E-state index contributed by atoms with van der Waals surface area (Å²) in [6.07, 6.45) is 0. The molecule has 0 aliphatic carbocycles. The zero-order valence-corrected chi connectivity index (χ0v) is 10.4. The second-order valence-corrected chi connectivity index (χ2v) is 6.61. The lowest BCUT2D eigenvalue weighted by molar-refractivity contribution is 0.598. The minimum atomic E-state index is -3.49. The highest BCUT2D eigenvalue weighted by Crippen LogP contribution is 2.27. The Morgan fingerprint density at radius 2 is 1.76 bits per heavy atom. The fourth-order valence-electron chi connectivity index (χ4n) is 1.33. The number of rotatable bonds is 3. The molecule has 88 valence electrons. The molecule has 17 heavy (non-hydrogen) atoms. The molecule has 0 spiro atoms. The van der Waals surface area contributed by atoms with Crippen LogP contribution in [0.1, 0.15) is 4.88 Å². The predicted octanol–water partition coefficient (Wildman–Crippen LogP) is 1.86. The fourth-order valence-corrected chi connectivity index (χ4v) is 3.92. The number of hydrogen-bond donors (Lipinski definition) is 2. The zero-order chi connectivity index (χ0) is 12.5. The normalized spacial score (nSPS) is 11.3. The molecule has 0 bridgehead atoms. The topological polar surface area (TPSA) is 84.0 Å². The molecule has 0 fully saturated rings. The quantitative estimate of drug-likeness (QED) is 0.657. The molecule has 1 aromatic heterocycles. The summed E-state index contributed by atoms with van der Waals surface area (Å²) in [4.78, 5) is 0.705. The van der Waals surface area contributed by atoms with Gasteiger partial charge in [-0.3, -0.25) is 5.41 Å². The smallest absolute Gasteiger partial charge is 0.215 e. The number of benzene rings is 1. The summed E-state index contributed by atoms with van der Waals surface area (Å²) in [5, 5.41) is 7.25. The number of sulfone groups is 1. The van der Waals surface area contributed by atoms with Crippen LogP contribution in [0.25, 0.3) is 0 Å². The molecule has 0 unspecified atom stereocenters. The van der Waals surface area contributed by atoms with Gasteiger partial charge in [0.25, 0.3) is 0 Å². The molecule has 1 aromatic carbocycles. The number of hydrogen-bond acceptors (Lipinski definition) is 4. The van der Waals surface area contributed by atoms with Crippen LogP contribution in [0.5, 0.6) is 0 Å². The van der Waals surface area contributed by atoms with Gasteiger partial charge in [-0.2, -0.15) is 0 Å². The van der Waals surface area contributed by atoms with Gasteiger partial charge >= 0.3 is 0 Å². The summed E-state index contributed by atoms with van der Waals surface area (Å²) < 4.78 is 24.5. The molecule has 0 amide bonds. The van der Waals surface area contributed by atoms with Crippen LogP contribution >= 0.6 is 11.3 Å². The maximum Gasteiger partial charge on any atom is 0.215 e. The minimum Gasteiger partial charge on any atom is -0.383 e. The minimum absolute atomic E-state index is 0.121. The lowest BCUT2D eigenvalue weighted by atomic mass is 10.4. The highest BCUT2D eigenvalue weighted by Gasteiger charge is 2.19. The van der Waals surface area contributed by atoms with Crippen molar-refractivity contribution in [2.45, 2.75) is 9.10 Å². The van der Waals surface area contributed by atoms with Crippen LogP contribution in [0.3, 0.4) is 0 Å². The molecular formula is C11H10N2O2S2. The third kappa shape index (κ3) is 2.22. The predicted molar refractivity (Wildman–Crippen MR) is 67.2 cm³/mol. The van der Waals surface area contributed by atoms with Gasteiger partial charge in [0, 0.05) is 0 Å². The fraction of sp³-hybridized carbons (Fsp3) is 0. The first-order valence-corrected chi connectivity index (χ1v) is 7.06. The van der Waals surface area contributed by atoms with Gasteiger partial charge in [0.15, 0.2) is 0 Å². The third-order valence-corrected chi connectivity index (χ3v) is 5.55. The first-order chi connectivity index (χ1) is 8.01. The lowest BCUT2D eigenvalue weighted by Gasteiger charge is -2.00. The van der Waals surface area contributed by atoms with E-state index in [1.165, 1.54) is 6.07 Å². The van der Waals surface area contributed by atoms with Crippen LogP contribution in [0.4, 0.5) is 0 Å². The average molecular weight is 266 g/mol. The van der Waals surface area contributed by atoms with Crippen LogP contribution in [-0.4, -0.2) is 14.3 Å². The van der Waals surface area contributed by atoms with Gasteiger partial charge in [-0.15, -0.1) is 11.3 Å². The van der Waals surface area contributed by atoms with Gasteiger partial charge in [0.1, 0.15) is 10.0 Å². The van der Waals surface area contributed by atoms with E-state index >= 15 is 0 Å². The second kappa shape index (κ2) is 4.31. The summed E-state index contributed by atoms with van der Waals surface area (Å²) in [5.74, 6) is -0.121. The largest absolute Gasteiger partial charge is 0.383 e. The SMILES string of the molecule is N=C(N)c1ccc(S(=O)(=O)c2ccccc2)s1. The first-order valence-electron chi connectivity index (χ1n) is 4.76. The van der Waals surface area contributed by atoms with Gasteiger partial charge in [-0.1, -0.05) is 18.2 Å². The van der Waals surface area contributed by atoms with E-state index in [0.29, 0.717) is 4.88 Å². The van der Waals surface area contributed by atoms with E-state index in [-0.39, 0.29) is 14.9 Å². The van der Waals surface area contributed by atoms with E-state index in [0.717, 1.165) is 11.3 Å². The molecule has 0 aliphatic heterocycles. The van der Waals surface area contributed by atoms with E-state index in [1.54, 1.807) is 36.4 Å². The van der Waals surface area contributed by atoms with Gasteiger partial charge in [-0.05, 0) is 24.3 Å². The van der Waals surface area contributed by atoms with E-state index < -0.39 is 9.84 Å². The Morgan fingerprint density at radius 3 is 2.29 bits per heavy atom. The summed E-state index contributed by atoms with van der Waals surface area (Å²) in [7, 11) is -3.49. The number of thiophene rings is 1. The Bertz CT molecular complexity index is 645. The summed E-state index contributed by atoms with van der Waals surface area (Å²) in [6, 6.07) is 11.2. The van der Waals surface area contributed by atoms with E-state index in [2.05, 4.69) is 0 Å². The third-order valence-electron chi connectivity index (χ3n) is 2.17. The van der Waals surface area contributed by atoms with E-state index in [1.807, 2.05) is 0 Å². The Balaban J connectivity index is 2.49. The van der Waals surface area contributed by atoms with Crippen LogP contribution in [0.15, 0.2) is 51.6 Å². The lowest BCUT2D eigenvalue weighted by Crippen LogP contribution is -2.08. The van der Waals surface area contributed by atoms with Crippen molar-refractivity contribution in [2.24, 2.45) is 5.73 Å². The molecule has 1 heterocycles. The van der Waals surface area contributed by atoms with Gasteiger partial charge < -0.3 is 5.73 Å². The molecule has 0 saturated carbocycles. The van der Waals surface area contributed by atoms with Crippen LogP contribution < -0.4 is 5.73 Å². The highest BCUT2D eigenvalue weighted by atomic mass is 32.2. The molecule has 6 heteroatoms. The number of nitrogens with two attached hydrogens (primary N) is 1. The van der Waals surface area contributed by atoms with Crippen molar-refractivity contribution in [2.75, 3.05) is 0 Å². The number of nitrogen functional groups attached to an aromatic ring is 1. The first kappa shape index (κ1) is 11.8. The van der Waals surface area contributed by atoms with Crippen LogP contribution in [0.2, 0.25) is 0 Å². The summed E-state index contributed by atoms with van der Waals surface area (Å²) in [5.41, 5.74) is 5.31. The maximum absolute atomic E-state index is 12.2. The Hall–Kier alpha value is -1.66. The number of nitrogens with one attached hydrogen (secondary N) is 1. The molecule has 0 aliphatic rings. The molecule has 2 aromatic rings. The van der Waals surface area contributed by atoms with Gasteiger partial charge in [0.2, 0.25) is 9.84 Å². The monoisotopic (exact) mass is 266 g/mol. The van der Waals surface area contributed by atoms with Crippen molar-refractivity contribution in [3.05, 3.63) is 47.3 Å². The van der Waals surface area contributed by atoms with Crippen LogP contribution in [0, 0.1) is 5.41 Å². The number of amidine groups is 1. The Labute approximate surface area is 103 Å².